The van der Waals surface area contributed by atoms with E-state index in [1.54, 1.807) is 64.2 Å². The van der Waals surface area contributed by atoms with Crippen LogP contribution in [0.3, 0.4) is 0 Å². The number of nitrogens with zero attached hydrogens (tertiary/aromatic N) is 2. The van der Waals surface area contributed by atoms with E-state index >= 15 is 0 Å². The number of nitrogens with one attached hydrogen (secondary N) is 3. The van der Waals surface area contributed by atoms with Gasteiger partial charge in [0.1, 0.15) is 35.3 Å². The Balaban J connectivity index is 1.21. The molecule has 0 radical (unpaired) electrons. The van der Waals surface area contributed by atoms with Gasteiger partial charge in [-0.1, -0.05) is 96.9 Å². The number of rotatable bonds is 23. The number of aliphatic hydroxyl groups is 1. The highest BCUT2D eigenvalue weighted by Gasteiger charge is 2.64. The maximum Gasteiger partial charge on any atom is 0.412 e. The minimum atomic E-state index is -1.64. The van der Waals surface area contributed by atoms with Crippen molar-refractivity contribution in [2.75, 3.05) is 36.2 Å². The van der Waals surface area contributed by atoms with Crippen LogP contribution in [0.4, 0.5) is 21.0 Å². The summed E-state index contributed by atoms with van der Waals surface area (Å²) in [6, 6.07) is 8.63. The van der Waals surface area contributed by atoms with Crippen LogP contribution in [0.2, 0.25) is 5.02 Å². The molecule has 1 unspecified atom stereocenters. The van der Waals surface area contributed by atoms with E-state index in [0.29, 0.717) is 63.8 Å². The van der Waals surface area contributed by atoms with Gasteiger partial charge in [-0.3, -0.25) is 34.3 Å². The highest BCUT2D eigenvalue weighted by atomic mass is 79.9. The lowest BCUT2D eigenvalue weighted by Gasteiger charge is -2.41. The number of hydrogen-bond acceptors (Lipinski definition) is 15. The number of carbonyl (C=O) groups excluding carboxylic acids is 8. The molecule has 5 amide bonds. The second-order valence-electron chi connectivity index (χ2n) is 23.3. The van der Waals surface area contributed by atoms with Crippen LogP contribution in [0.15, 0.2) is 78.5 Å². The summed E-state index contributed by atoms with van der Waals surface area (Å²) >= 11 is 10.1. The summed E-state index contributed by atoms with van der Waals surface area (Å²) in [6.45, 7) is 16.6. The lowest BCUT2D eigenvalue weighted by molar-refractivity contribution is -0.187. The molecule has 3 aromatic rings. The van der Waals surface area contributed by atoms with Crippen LogP contribution in [0.1, 0.15) is 122 Å². The number of hydrogen-bond donors (Lipinski definition) is 5. The zero-order valence-corrected chi connectivity index (χ0v) is 52.4. The Bertz CT molecular complexity index is 3060. The fourth-order valence-corrected chi connectivity index (χ4v) is 11.6. The number of epoxide rings is 1. The minimum absolute atomic E-state index is 0.00559. The molecule has 2 saturated heterocycles. The third kappa shape index (κ3) is 18.0. The van der Waals surface area contributed by atoms with Gasteiger partial charge in [0.05, 0.1) is 53.0 Å². The molecule has 2 fully saturated rings. The molecule has 2 aromatic carbocycles. The second-order valence-corrected chi connectivity index (χ2v) is 24.3. The van der Waals surface area contributed by atoms with E-state index in [-0.39, 0.29) is 87.2 Å². The number of alkyl halides is 1. The van der Waals surface area contributed by atoms with Crippen molar-refractivity contribution < 1.29 is 67.1 Å². The van der Waals surface area contributed by atoms with E-state index in [9.17, 15) is 43.5 Å². The highest BCUT2D eigenvalue weighted by molar-refractivity contribution is 9.09. The molecule has 20 nitrogen and oxygen atoms in total. The first kappa shape index (κ1) is 67.6. The molecule has 6 N–H and O–H groups in total. The number of anilines is 2. The van der Waals surface area contributed by atoms with E-state index in [1.165, 1.54) is 18.2 Å². The lowest BCUT2D eigenvalue weighted by Crippen LogP contribution is -2.53. The molecule has 0 saturated carbocycles. The molecule has 0 spiro atoms. The Morgan fingerprint density at radius 2 is 1.80 bits per heavy atom. The summed E-state index contributed by atoms with van der Waals surface area (Å²) in [6.07, 6.45) is 3.80. The molecule has 1 aromatic heterocycles. The van der Waals surface area contributed by atoms with Crippen molar-refractivity contribution in [3.8, 4) is 0 Å². The number of carbonyl (C=O) groups is 8. The maximum atomic E-state index is 14.5. The molecule has 22 heteroatoms. The predicted molar refractivity (Wildman–Crippen MR) is 326 cm³/mol. The van der Waals surface area contributed by atoms with E-state index in [4.69, 9.17) is 41.0 Å². The van der Waals surface area contributed by atoms with Crippen LogP contribution >= 0.6 is 27.5 Å². The second kappa shape index (κ2) is 30.2. The molecule has 462 valence electrons. The molecular weight excluding hydrogens is 1180 g/mol. The quantitative estimate of drug-likeness (QED) is 0.0148. The van der Waals surface area contributed by atoms with Crippen molar-refractivity contribution in [2.24, 2.45) is 23.5 Å². The van der Waals surface area contributed by atoms with Gasteiger partial charge in [0.2, 0.25) is 11.8 Å². The average molecular weight is 1260 g/mol. The number of fused-ring (bicyclic) bond motifs is 6. The van der Waals surface area contributed by atoms with Crippen molar-refractivity contribution in [2.45, 2.75) is 173 Å². The number of urea groups is 1. The molecule has 4 bridgehead atoms. The summed E-state index contributed by atoms with van der Waals surface area (Å²) in [5.74, 6) is -4.09. The minimum Gasteiger partial charge on any atom is -0.462 e. The van der Waals surface area contributed by atoms with Crippen LogP contribution in [0, 0.1) is 24.7 Å². The molecular formula is C63H82BrClN6O14. The smallest absolute Gasteiger partial charge is 0.412 e. The number of aryl methyl sites for hydroxylation is 1. The summed E-state index contributed by atoms with van der Waals surface area (Å²) < 4.78 is 29.6. The number of ketones is 2. The van der Waals surface area contributed by atoms with Crippen LogP contribution in [-0.4, -0.2) is 131 Å². The van der Waals surface area contributed by atoms with Crippen LogP contribution in [-0.2, 0) is 65.3 Å². The van der Waals surface area contributed by atoms with E-state index < -0.39 is 89.4 Å². The molecule has 4 heterocycles. The third-order valence-electron chi connectivity index (χ3n) is 16.3. The molecule has 6 rings (SSSR count). The van der Waals surface area contributed by atoms with Crippen molar-refractivity contribution in [1.29, 1.82) is 0 Å². The van der Waals surface area contributed by atoms with Gasteiger partial charge in [-0.25, -0.2) is 14.4 Å². The standard InChI is InChI=1S/C63H82BrClN6O14/c1-35(2)45(30-43(72)18-12-11-17-39(6)82-59(77)38(5)34-64)58(76)69-46(20-15-25-68-60(66)78)49(73)29-42-22-23-47(56-44(42)19-14-24-67-56)70-61(79)84-52-31-53(74)71(9)48-28-41(27-37(4)55(48)65)26-36(3)16-13-21-51(81-10)63(80)32-50(83-54(75)33-63)40(7)57-62(52,8)85-57/h13-14,16,19,21-24,27-28,35,39-40,45-46,50-52,57,80H,5,11-12,15,17-18,20,25-26,29-34H2,1-4,6-10H3,(H,69,76)(H,70,79)(H3,66,68,78)/b21-13+,36-16+/t39?,40-,45+,46+,50+,51-,52+,57+,62+,63-/m1/s1. The van der Waals surface area contributed by atoms with Gasteiger partial charge in [0.15, 0.2) is 5.78 Å². The lowest BCUT2D eigenvalue weighted by atomic mass is 9.78. The van der Waals surface area contributed by atoms with Gasteiger partial charge in [-0.2, -0.15) is 0 Å². The number of halogens is 2. The summed E-state index contributed by atoms with van der Waals surface area (Å²) in [7, 11) is 3.05. The maximum absolute atomic E-state index is 14.5. The van der Waals surface area contributed by atoms with Crippen LogP contribution in [0.25, 0.3) is 10.9 Å². The average Bonchev–Trinajstić information content (AvgIpc) is 1.71. The topological polar surface area (TPSA) is 284 Å². The number of pyridine rings is 1. The summed E-state index contributed by atoms with van der Waals surface area (Å²) in [4.78, 5) is 114. The number of Topliss-reactive ketones (excluding diaryl/α,β-unsaturated/α-hetero) is 2. The SMILES string of the molecule is C=C(CBr)C(=O)OC(C)CCCCC(=O)C[C@H](C(=O)N[C@@H](CCCNC(N)=O)C(=O)Cc1ccc(NC(=O)O[C@H]2CC(=O)N(C)c3cc(cc(C)c3Cl)C/C(C)=C/C=C/[C@@H](OC)[C@]3(O)CC(=O)O[C@@H](C3)[C@@H](C)[C@@H]3O[C@@]23C)c2ncccc12)C(C)C. The van der Waals surface area contributed by atoms with Crippen molar-refractivity contribution in [3.05, 3.63) is 100 Å². The highest BCUT2D eigenvalue weighted by Crippen LogP contribution is 2.50. The van der Waals surface area contributed by atoms with Gasteiger partial charge in [-0.15, -0.1) is 0 Å². The normalized spacial score (nSPS) is 24.6. The van der Waals surface area contributed by atoms with Gasteiger partial charge in [0, 0.05) is 80.7 Å². The fourth-order valence-electron chi connectivity index (χ4n) is 11.2. The number of primary amides is 1. The molecule has 3 aliphatic heterocycles. The first-order valence-electron chi connectivity index (χ1n) is 28.9. The van der Waals surface area contributed by atoms with E-state index in [1.807, 2.05) is 45.9 Å². The Labute approximate surface area is 510 Å². The number of allylic oxidation sites excluding steroid dienone is 3. The first-order valence-corrected chi connectivity index (χ1v) is 30.4. The zero-order chi connectivity index (χ0) is 62.5. The van der Waals surface area contributed by atoms with E-state index in [0.717, 1.165) is 16.7 Å². The molecule has 10 atom stereocenters. The fraction of sp³-hybridized carbons (Fsp3) is 0.540. The van der Waals surface area contributed by atoms with Crippen molar-refractivity contribution in [3.63, 3.8) is 0 Å². The first-order chi connectivity index (χ1) is 40.2. The largest absolute Gasteiger partial charge is 0.462 e. The Morgan fingerprint density at radius 1 is 1.06 bits per heavy atom. The number of ether oxygens (including phenoxy) is 5. The van der Waals surface area contributed by atoms with Gasteiger partial charge < -0.3 is 50.1 Å². The number of nitrogens with two attached hydrogens (primary N) is 1. The van der Waals surface area contributed by atoms with Crippen molar-refractivity contribution >= 4 is 97.3 Å². The van der Waals surface area contributed by atoms with Crippen LogP contribution in [0.5, 0.6) is 0 Å². The van der Waals surface area contributed by atoms with Gasteiger partial charge >= 0.3 is 24.1 Å². The predicted octanol–water partition coefficient (Wildman–Crippen LogP) is 9.19. The number of amides is 5. The van der Waals surface area contributed by atoms with Crippen LogP contribution < -0.4 is 26.6 Å². The molecule has 0 aliphatic carbocycles. The number of unbranched alkanes of at least 4 members (excludes halogenated alkanes) is 1. The number of aromatic nitrogens is 1. The summed E-state index contributed by atoms with van der Waals surface area (Å²) in [5.41, 5.74) is 6.72. The Kier molecular flexibility index (Phi) is 24.0. The number of methoxy groups -OCH3 is 1. The van der Waals surface area contributed by atoms with E-state index in [2.05, 4.69) is 43.4 Å². The van der Waals surface area contributed by atoms with Crippen molar-refractivity contribution in [1.82, 2.24) is 15.6 Å². The monoisotopic (exact) mass is 1260 g/mol. The Morgan fingerprint density at radius 3 is 2.49 bits per heavy atom. The summed E-state index contributed by atoms with van der Waals surface area (Å²) in [5, 5.41) is 21.5. The number of benzene rings is 2. The van der Waals surface area contributed by atoms with Gasteiger partial charge in [-0.05, 0) is 107 Å². The van der Waals surface area contributed by atoms with Gasteiger partial charge in [0.25, 0.3) is 0 Å². The third-order valence-corrected chi connectivity index (χ3v) is 17.4. The molecule has 3 aliphatic rings. The molecule has 85 heavy (non-hydrogen) atoms. The Hall–Kier alpha value is -6.52. The number of esters is 2. The zero-order valence-electron chi connectivity index (χ0n) is 50.1.